The van der Waals surface area contributed by atoms with E-state index in [0.29, 0.717) is 13.2 Å². The number of hydrogen-bond donors (Lipinski definition) is 1. The molecule has 0 aliphatic rings. The summed E-state index contributed by atoms with van der Waals surface area (Å²) in [6.07, 6.45) is 0.524. The minimum absolute atomic E-state index is 0.0943. The summed E-state index contributed by atoms with van der Waals surface area (Å²) in [4.78, 5) is 12.0. The summed E-state index contributed by atoms with van der Waals surface area (Å²) in [5.74, 6) is 0.686. The van der Waals surface area contributed by atoms with Crippen LogP contribution in [0.2, 0.25) is 0 Å². The van der Waals surface area contributed by atoms with Crippen molar-refractivity contribution >= 4 is 5.91 Å². The van der Waals surface area contributed by atoms with E-state index in [2.05, 4.69) is 18.3 Å². The van der Waals surface area contributed by atoms with Crippen LogP contribution >= 0.6 is 0 Å². The molecule has 1 amide bonds. The molecule has 1 N–H and O–H groups in total. The van der Waals surface area contributed by atoms with Crippen molar-refractivity contribution in [3.05, 3.63) is 28.8 Å². The van der Waals surface area contributed by atoms with Crippen LogP contribution in [0.25, 0.3) is 0 Å². The molecule has 124 valence electrons. The van der Waals surface area contributed by atoms with E-state index in [-0.39, 0.29) is 12.0 Å². The number of nitrogens with one attached hydrogen (secondary N) is 1. The molecular formula is C18H29NO3. The Morgan fingerprint density at radius 1 is 1.18 bits per heavy atom. The third-order valence-corrected chi connectivity index (χ3v) is 3.51. The molecule has 0 radical (unpaired) electrons. The fourth-order valence-electron chi connectivity index (χ4n) is 2.11. The van der Waals surface area contributed by atoms with Crippen molar-refractivity contribution < 1.29 is 14.3 Å². The van der Waals surface area contributed by atoms with Gasteiger partial charge in [-0.25, -0.2) is 0 Å². The molecule has 0 saturated carbocycles. The number of benzene rings is 1. The Hall–Kier alpha value is -1.55. The molecule has 4 nitrogen and oxygen atoms in total. The van der Waals surface area contributed by atoms with Crippen molar-refractivity contribution in [3.63, 3.8) is 0 Å². The Kier molecular flexibility index (Phi) is 7.39. The van der Waals surface area contributed by atoms with Gasteiger partial charge in [0.1, 0.15) is 5.75 Å². The molecule has 0 aliphatic carbocycles. The van der Waals surface area contributed by atoms with E-state index in [1.54, 1.807) is 6.92 Å². The van der Waals surface area contributed by atoms with Gasteiger partial charge in [0.15, 0.2) is 6.10 Å². The zero-order valence-electron chi connectivity index (χ0n) is 14.7. The number of ether oxygens (including phenoxy) is 2. The number of carbonyl (C=O) groups excluding carboxylic acids is 1. The van der Waals surface area contributed by atoms with Crippen LogP contribution in [-0.4, -0.2) is 31.3 Å². The van der Waals surface area contributed by atoms with Crippen LogP contribution in [0.3, 0.4) is 0 Å². The molecule has 0 aromatic heterocycles. The van der Waals surface area contributed by atoms with Crippen molar-refractivity contribution in [1.29, 1.82) is 0 Å². The first-order valence-electron chi connectivity index (χ1n) is 7.95. The molecule has 1 rings (SSSR count). The molecule has 0 saturated heterocycles. The second-order valence-corrected chi connectivity index (χ2v) is 6.03. The molecule has 1 aromatic carbocycles. The SMILES string of the molecule is Cc1cc(C)c(C)c(O[C@H](C)C(=O)NCCCOC(C)C)c1. The van der Waals surface area contributed by atoms with Crippen LogP contribution in [-0.2, 0) is 9.53 Å². The normalized spacial score (nSPS) is 12.3. The fraction of sp³-hybridized carbons (Fsp3) is 0.611. The van der Waals surface area contributed by atoms with Crippen molar-refractivity contribution in [1.82, 2.24) is 5.32 Å². The predicted molar refractivity (Wildman–Crippen MR) is 89.5 cm³/mol. The zero-order valence-corrected chi connectivity index (χ0v) is 14.7. The third kappa shape index (κ3) is 6.06. The molecule has 1 atom stereocenters. The summed E-state index contributed by atoms with van der Waals surface area (Å²) in [5.41, 5.74) is 3.39. The van der Waals surface area contributed by atoms with Gasteiger partial charge in [0.05, 0.1) is 6.10 Å². The van der Waals surface area contributed by atoms with Crippen molar-refractivity contribution in [2.75, 3.05) is 13.2 Å². The number of amides is 1. The summed E-state index contributed by atoms with van der Waals surface area (Å²) in [6, 6.07) is 4.09. The van der Waals surface area contributed by atoms with Crippen LogP contribution in [0.15, 0.2) is 12.1 Å². The zero-order chi connectivity index (χ0) is 16.7. The lowest BCUT2D eigenvalue weighted by atomic mass is 10.1. The monoisotopic (exact) mass is 307 g/mol. The van der Waals surface area contributed by atoms with Gasteiger partial charge in [0.2, 0.25) is 0 Å². The lowest BCUT2D eigenvalue weighted by molar-refractivity contribution is -0.127. The van der Waals surface area contributed by atoms with Crippen LogP contribution in [0, 0.1) is 20.8 Å². The molecule has 1 aromatic rings. The second-order valence-electron chi connectivity index (χ2n) is 6.03. The highest BCUT2D eigenvalue weighted by molar-refractivity contribution is 5.80. The van der Waals surface area contributed by atoms with Gasteiger partial charge >= 0.3 is 0 Å². The minimum Gasteiger partial charge on any atom is -0.481 e. The first-order chi connectivity index (χ1) is 10.3. The minimum atomic E-state index is -0.508. The Labute approximate surface area is 134 Å². The van der Waals surface area contributed by atoms with Gasteiger partial charge in [-0.3, -0.25) is 4.79 Å². The Morgan fingerprint density at radius 2 is 1.86 bits per heavy atom. The van der Waals surface area contributed by atoms with E-state index >= 15 is 0 Å². The van der Waals surface area contributed by atoms with E-state index in [9.17, 15) is 4.79 Å². The van der Waals surface area contributed by atoms with Gasteiger partial charge in [-0.15, -0.1) is 0 Å². The molecule has 0 spiro atoms. The van der Waals surface area contributed by atoms with Crippen LogP contribution < -0.4 is 10.1 Å². The van der Waals surface area contributed by atoms with E-state index in [0.717, 1.165) is 23.3 Å². The maximum atomic E-state index is 12.0. The standard InChI is InChI=1S/C18H29NO3/c1-12(2)21-9-7-8-19-18(20)16(6)22-17-11-13(3)10-14(4)15(17)5/h10-12,16H,7-9H2,1-6H3,(H,19,20)/t16-/m1/s1. The van der Waals surface area contributed by atoms with Gasteiger partial charge in [0, 0.05) is 13.2 Å². The van der Waals surface area contributed by atoms with E-state index in [1.807, 2.05) is 33.8 Å². The first-order valence-corrected chi connectivity index (χ1v) is 7.95. The van der Waals surface area contributed by atoms with Crippen LogP contribution in [0.5, 0.6) is 5.75 Å². The van der Waals surface area contributed by atoms with Gasteiger partial charge in [0.25, 0.3) is 5.91 Å². The van der Waals surface area contributed by atoms with Crippen molar-refractivity contribution in [2.45, 2.75) is 60.2 Å². The molecule has 0 heterocycles. The first kappa shape index (κ1) is 18.5. The molecule has 4 heteroatoms. The van der Waals surface area contributed by atoms with E-state index in [1.165, 1.54) is 5.56 Å². The Bertz CT molecular complexity index is 497. The number of hydrogen-bond acceptors (Lipinski definition) is 3. The predicted octanol–water partition coefficient (Wildman–Crippen LogP) is 3.31. The molecule has 0 aliphatic heterocycles. The molecule has 0 unspecified atom stereocenters. The van der Waals surface area contributed by atoms with Gasteiger partial charge in [-0.05, 0) is 70.7 Å². The van der Waals surface area contributed by atoms with Crippen LogP contribution in [0.1, 0.15) is 43.9 Å². The fourth-order valence-corrected chi connectivity index (χ4v) is 2.11. The Balaban J connectivity index is 2.44. The van der Waals surface area contributed by atoms with Gasteiger partial charge in [-0.1, -0.05) is 6.07 Å². The van der Waals surface area contributed by atoms with Gasteiger partial charge < -0.3 is 14.8 Å². The highest BCUT2D eigenvalue weighted by Gasteiger charge is 2.15. The highest BCUT2D eigenvalue weighted by atomic mass is 16.5. The summed E-state index contributed by atoms with van der Waals surface area (Å²) in [6.45, 7) is 13.1. The highest BCUT2D eigenvalue weighted by Crippen LogP contribution is 2.24. The third-order valence-electron chi connectivity index (χ3n) is 3.51. The van der Waals surface area contributed by atoms with Crippen molar-refractivity contribution in [3.8, 4) is 5.75 Å². The van der Waals surface area contributed by atoms with E-state index in [4.69, 9.17) is 9.47 Å². The Morgan fingerprint density at radius 3 is 2.50 bits per heavy atom. The summed E-state index contributed by atoms with van der Waals surface area (Å²) >= 11 is 0. The topological polar surface area (TPSA) is 47.6 Å². The maximum absolute atomic E-state index is 12.0. The number of aryl methyl sites for hydroxylation is 2. The number of carbonyl (C=O) groups is 1. The average Bonchev–Trinajstić information content (AvgIpc) is 2.43. The van der Waals surface area contributed by atoms with E-state index < -0.39 is 6.10 Å². The molecular weight excluding hydrogens is 278 g/mol. The smallest absolute Gasteiger partial charge is 0.260 e. The van der Waals surface area contributed by atoms with Gasteiger partial charge in [-0.2, -0.15) is 0 Å². The largest absolute Gasteiger partial charge is 0.481 e. The number of rotatable bonds is 8. The average molecular weight is 307 g/mol. The van der Waals surface area contributed by atoms with Crippen molar-refractivity contribution in [2.24, 2.45) is 0 Å². The lowest BCUT2D eigenvalue weighted by Gasteiger charge is -2.18. The summed E-state index contributed by atoms with van der Waals surface area (Å²) < 4.78 is 11.3. The quantitative estimate of drug-likeness (QED) is 0.750. The maximum Gasteiger partial charge on any atom is 0.260 e. The molecule has 22 heavy (non-hydrogen) atoms. The summed E-state index contributed by atoms with van der Waals surface area (Å²) in [7, 11) is 0. The lowest BCUT2D eigenvalue weighted by Crippen LogP contribution is -2.37. The molecule has 0 bridgehead atoms. The van der Waals surface area contributed by atoms with Crippen LogP contribution in [0.4, 0.5) is 0 Å². The second kappa shape index (κ2) is 8.79. The molecule has 0 fully saturated rings. The summed E-state index contributed by atoms with van der Waals surface area (Å²) in [5, 5.41) is 2.88.